The highest BCUT2D eigenvalue weighted by Crippen LogP contribution is 2.41. The van der Waals surface area contributed by atoms with Gasteiger partial charge in [0.1, 0.15) is 6.54 Å². The molecule has 0 amide bonds. The minimum absolute atomic E-state index is 0. The van der Waals surface area contributed by atoms with Gasteiger partial charge in [0, 0.05) is 21.7 Å². The van der Waals surface area contributed by atoms with E-state index in [9.17, 15) is 0 Å². The van der Waals surface area contributed by atoms with Gasteiger partial charge >= 0.3 is 0 Å². The van der Waals surface area contributed by atoms with Crippen molar-refractivity contribution in [1.29, 1.82) is 0 Å². The first-order valence-electron chi connectivity index (χ1n) is 8.40. The van der Waals surface area contributed by atoms with Gasteiger partial charge in [-0.05, 0) is 54.1 Å². The van der Waals surface area contributed by atoms with Crippen LogP contribution in [0.3, 0.4) is 0 Å². The molecule has 2 aliphatic heterocycles. The van der Waals surface area contributed by atoms with Gasteiger partial charge in [-0.2, -0.15) is 0 Å². The smallest absolute Gasteiger partial charge is 0.101 e. The van der Waals surface area contributed by atoms with E-state index in [1.165, 1.54) is 59.4 Å². The van der Waals surface area contributed by atoms with Gasteiger partial charge in [0.05, 0.1) is 19.6 Å². The third kappa shape index (κ3) is 3.37. The number of quaternary nitrogens is 1. The molecule has 2 fully saturated rings. The van der Waals surface area contributed by atoms with E-state index in [0.29, 0.717) is 0 Å². The van der Waals surface area contributed by atoms with Crippen LogP contribution in [0.2, 0.25) is 0 Å². The number of piperidine rings is 2. The standard InChI is InChI=1S/C19H24NS2.BrH/c1-20-11-3-2-6-16(20)10-9-15(14-20)19(17-7-4-12-21-17)18-8-5-13-22-18;/h4-5,7-8,12-13,16H,2-3,6,9-11,14H2,1H3;1H/q+1;/p-1/t16-,20+;/m0./s1. The van der Waals surface area contributed by atoms with Gasteiger partial charge in [-0.3, -0.25) is 0 Å². The van der Waals surface area contributed by atoms with Crippen molar-refractivity contribution in [3.63, 3.8) is 0 Å². The summed E-state index contributed by atoms with van der Waals surface area (Å²) in [6, 6.07) is 9.89. The lowest BCUT2D eigenvalue weighted by atomic mass is 9.85. The molecule has 124 valence electrons. The molecule has 0 N–H and O–H groups in total. The van der Waals surface area contributed by atoms with Crippen LogP contribution in [0.25, 0.3) is 5.57 Å². The molecule has 0 unspecified atom stereocenters. The van der Waals surface area contributed by atoms with E-state index in [1.807, 2.05) is 22.7 Å². The summed E-state index contributed by atoms with van der Waals surface area (Å²) in [7, 11) is 2.50. The Morgan fingerprint density at radius 1 is 1.04 bits per heavy atom. The van der Waals surface area contributed by atoms with Crippen LogP contribution in [0.5, 0.6) is 0 Å². The average molecular weight is 410 g/mol. The minimum atomic E-state index is 0. The zero-order valence-corrected chi connectivity index (χ0v) is 16.9. The first kappa shape index (κ1) is 17.4. The minimum Gasteiger partial charge on any atom is -1.00 e. The Morgan fingerprint density at radius 3 is 2.35 bits per heavy atom. The summed E-state index contributed by atoms with van der Waals surface area (Å²) < 4.78 is 1.29. The molecule has 0 aromatic carbocycles. The van der Waals surface area contributed by atoms with Crippen LogP contribution in [0.4, 0.5) is 0 Å². The van der Waals surface area contributed by atoms with Gasteiger partial charge < -0.3 is 21.5 Å². The van der Waals surface area contributed by atoms with Crippen LogP contribution < -0.4 is 17.0 Å². The molecular formula is C19H24BrNS2. The fraction of sp³-hybridized carbons (Fsp3) is 0.474. The molecule has 4 heteroatoms. The molecule has 0 bridgehead atoms. The maximum absolute atomic E-state index is 2.50. The molecule has 4 rings (SSSR count). The van der Waals surface area contributed by atoms with E-state index < -0.39 is 0 Å². The summed E-state index contributed by atoms with van der Waals surface area (Å²) in [5, 5.41) is 4.43. The molecular weight excluding hydrogens is 386 g/mol. The fourth-order valence-corrected chi connectivity index (χ4v) is 6.11. The number of halogens is 1. The molecule has 2 aromatic heterocycles. The molecule has 23 heavy (non-hydrogen) atoms. The van der Waals surface area contributed by atoms with Gasteiger partial charge in [-0.1, -0.05) is 12.1 Å². The maximum atomic E-state index is 2.50. The lowest BCUT2D eigenvalue weighted by molar-refractivity contribution is -0.937. The van der Waals surface area contributed by atoms with Crippen LogP contribution in [0.15, 0.2) is 40.6 Å². The van der Waals surface area contributed by atoms with Crippen LogP contribution in [-0.2, 0) is 0 Å². The van der Waals surface area contributed by atoms with Crippen molar-refractivity contribution in [2.45, 2.75) is 38.1 Å². The second kappa shape index (κ2) is 7.22. The highest BCUT2D eigenvalue weighted by Gasteiger charge is 2.40. The highest BCUT2D eigenvalue weighted by molar-refractivity contribution is 7.13. The van der Waals surface area contributed by atoms with Gasteiger partial charge in [-0.15, -0.1) is 22.7 Å². The first-order chi connectivity index (χ1) is 10.8. The Morgan fingerprint density at radius 2 is 1.74 bits per heavy atom. The van der Waals surface area contributed by atoms with Crippen molar-refractivity contribution >= 4 is 28.2 Å². The van der Waals surface area contributed by atoms with Gasteiger partial charge in [0.25, 0.3) is 0 Å². The van der Waals surface area contributed by atoms with Crippen molar-refractivity contribution in [3.05, 3.63) is 50.4 Å². The Labute approximate surface area is 158 Å². The number of likely N-dealkylation sites (N-methyl/N-ethyl adjacent to an activating group) is 1. The Balaban J connectivity index is 0.00000156. The van der Waals surface area contributed by atoms with Crippen molar-refractivity contribution in [2.24, 2.45) is 0 Å². The van der Waals surface area contributed by atoms with Crippen LogP contribution in [-0.4, -0.2) is 30.7 Å². The summed E-state index contributed by atoms with van der Waals surface area (Å²) in [5.41, 5.74) is 3.25. The molecule has 0 aliphatic carbocycles. The third-order valence-corrected chi connectivity index (χ3v) is 7.33. The van der Waals surface area contributed by atoms with E-state index in [2.05, 4.69) is 42.1 Å². The number of hydrogen-bond donors (Lipinski definition) is 0. The number of thiophene rings is 2. The molecule has 1 nitrogen and oxygen atoms in total. The van der Waals surface area contributed by atoms with Crippen LogP contribution in [0.1, 0.15) is 41.9 Å². The largest absolute Gasteiger partial charge is 1.00 e. The van der Waals surface area contributed by atoms with Crippen LogP contribution >= 0.6 is 22.7 Å². The first-order valence-corrected chi connectivity index (χ1v) is 10.2. The molecule has 2 atom stereocenters. The highest BCUT2D eigenvalue weighted by atomic mass is 79.9. The molecule has 0 radical (unpaired) electrons. The van der Waals surface area contributed by atoms with E-state index >= 15 is 0 Å². The van der Waals surface area contributed by atoms with Crippen LogP contribution in [0, 0.1) is 0 Å². The third-order valence-electron chi connectivity index (χ3n) is 5.56. The molecule has 2 aromatic rings. The maximum Gasteiger partial charge on any atom is 0.101 e. The normalized spacial score (nSPS) is 27.2. The summed E-state index contributed by atoms with van der Waals surface area (Å²) >= 11 is 3.79. The fourth-order valence-electron chi connectivity index (χ4n) is 4.38. The van der Waals surface area contributed by atoms with Gasteiger partial charge in [0.15, 0.2) is 0 Å². The van der Waals surface area contributed by atoms with Crippen molar-refractivity contribution < 1.29 is 21.5 Å². The second-order valence-corrected chi connectivity index (χ2v) is 8.88. The van der Waals surface area contributed by atoms with Crippen molar-refractivity contribution in [1.82, 2.24) is 0 Å². The predicted octanol–water partition coefficient (Wildman–Crippen LogP) is 2.41. The van der Waals surface area contributed by atoms with E-state index in [1.54, 1.807) is 11.1 Å². The Bertz CT molecular complexity index is 623. The monoisotopic (exact) mass is 409 g/mol. The van der Waals surface area contributed by atoms with Gasteiger partial charge in [-0.25, -0.2) is 0 Å². The Kier molecular flexibility index (Phi) is 5.46. The summed E-state index contributed by atoms with van der Waals surface area (Å²) in [6.45, 7) is 2.63. The topological polar surface area (TPSA) is 0 Å². The van der Waals surface area contributed by atoms with E-state index in [-0.39, 0.29) is 17.0 Å². The molecule has 2 saturated heterocycles. The number of nitrogens with zero attached hydrogens (tertiary/aromatic N) is 1. The number of fused-ring (bicyclic) bond motifs is 1. The summed E-state index contributed by atoms with van der Waals surface area (Å²) in [4.78, 5) is 2.92. The second-order valence-electron chi connectivity index (χ2n) is 6.98. The zero-order chi connectivity index (χ0) is 15.0. The summed E-state index contributed by atoms with van der Waals surface area (Å²) in [6.07, 6.45) is 6.97. The quantitative estimate of drug-likeness (QED) is 0.668. The van der Waals surface area contributed by atoms with Gasteiger partial charge in [0.2, 0.25) is 0 Å². The molecule has 4 heterocycles. The molecule has 0 spiro atoms. The number of rotatable bonds is 2. The molecule has 0 saturated carbocycles. The molecule has 2 aliphatic rings. The van der Waals surface area contributed by atoms with E-state index in [0.717, 1.165) is 6.04 Å². The SMILES string of the molecule is C[N@+]12CCCC[C@H]1CCC(=C(c1cccs1)c1cccs1)C2.[Br-]. The zero-order valence-electron chi connectivity index (χ0n) is 13.6. The lowest BCUT2D eigenvalue weighted by Crippen LogP contribution is -3.00. The van der Waals surface area contributed by atoms with E-state index in [4.69, 9.17) is 0 Å². The predicted molar refractivity (Wildman–Crippen MR) is 97.5 cm³/mol. The number of hydrogen-bond acceptors (Lipinski definition) is 2. The Hall–Kier alpha value is -0.420. The average Bonchev–Trinajstić information content (AvgIpc) is 3.20. The van der Waals surface area contributed by atoms with Crippen molar-refractivity contribution in [2.75, 3.05) is 20.1 Å². The summed E-state index contributed by atoms with van der Waals surface area (Å²) in [5.74, 6) is 0. The van der Waals surface area contributed by atoms with Crippen molar-refractivity contribution in [3.8, 4) is 0 Å². The lowest BCUT2D eigenvalue weighted by Gasteiger charge is -2.48.